The van der Waals surface area contributed by atoms with Gasteiger partial charge >= 0.3 is 10.2 Å². The third-order valence-corrected chi connectivity index (χ3v) is 3.78. The van der Waals surface area contributed by atoms with Crippen LogP contribution in [0.25, 0.3) is 5.57 Å². The molecule has 0 aliphatic heterocycles. The summed E-state index contributed by atoms with van der Waals surface area (Å²) in [5, 5.41) is 0. The molecule has 0 radical (unpaired) electrons. The van der Waals surface area contributed by atoms with Crippen LogP contribution in [0.4, 0.5) is 4.39 Å². The molecule has 104 valence electrons. The molecule has 1 amide bonds. The van der Waals surface area contributed by atoms with Crippen LogP contribution < -0.4 is 4.72 Å². The van der Waals surface area contributed by atoms with Crippen LogP contribution in [-0.2, 0) is 15.0 Å². The van der Waals surface area contributed by atoms with Crippen molar-refractivity contribution in [3.63, 3.8) is 0 Å². The largest absolute Gasteiger partial charge is 0.303 e. The number of allylic oxidation sites excluding steroid dienone is 1. The van der Waals surface area contributed by atoms with E-state index in [0.29, 0.717) is 11.1 Å². The zero-order valence-corrected chi connectivity index (χ0v) is 11.7. The van der Waals surface area contributed by atoms with E-state index in [1.54, 1.807) is 6.92 Å². The lowest BCUT2D eigenvalue weighted by Gasteiger charge is -2.11. The van der Waals surface area contributed by atoms with Crippen molar-refractivity contribution in [1.29, 1.82) is 0 Å². The number of carbonyl (C=O) groups excluding carboxylic acids is 1. The number of amides is 1. The lowest BCUT2D eigenvalue weighted by molar-refractivity contribution is -0.114. The van der Waals surface area contributed by atoms with E-state index in [4.69, 9.17) is 0 Å². The molecular weight excluding hydrogens is 271 g/mol. The van der Waals surface area contributed by atoms with Crippen LogP contribution in [0.15, 0.2) is 30.3 Å². The number of rotatable bonds is 4. The first-order valence-corrected chi connectivity index (χ1v) is 6.85. The number of benzene rings is 1. The Bertz CT molecular complexity index is 592. The Kier molecular flexibility index (Phi) is 4.79. The number of hydrogen-bond acceptors (Lipinski definition) is 3. The smallest absolute Gasteiger partial charge is 0.269 e. The lowest BCUT2D eigenvalue weighted by Crippen LogP contribution is -2.38. The lowest BCUT2D eigenvalue weighted by atomic mass is 10.1. The maximum atomic E-state index is 12.7. The van der Waals surface area contributed by atoms with Gasteiger partial charge in [0.15, 0.2) is 0 Å². The second-order valence-corrected chi connectivity index (χ2v) is 5.97. The van der Waals surface area contributed by atoms with E-state index in [0.717, 1.165) is 10.4 Å². The molecule has 19 heavy (non-hydrogen) atoms. The predicted octanol–water partition coefficient (Wildman–Crippen LogP) is 1.15. The average molecular weight is 286 g/mol. The van der Waals surface area contributed by atoms with Gasteiger partial charge in [-0.15, -0.1) is 0 Å². The maximum Gasteiger partial charge on any atom is 0.303 e. The van der Waals surface area contributed by atoms with Gasteiger partial charge < -0.3 is 0 Å². The Morgan fingerprint density at radius 3 is 2.26 bits per heavy atom. The van der Waals surface area contributed by atoms with E-state index in [1.165, 1.54) is 38.4 Å². The van der Waals surface area contributed by atoms with Crippen molar-refractivity contribution < 1.29 is 17.6 Å². The number of carbonyl (C=O) groups is 1. The summed E-state index contributed by atoms with van der Waals surface area (Å²) in [4.78, 5) is 11.5. The molecule has 1 rings (SSSR count). The Morgan fingerprint density at radius 2 is 1.79 bits per heavy atom. The molecular formula is C12H15FN2O3S. The van der Waals surface area contributed by atoms with E-state index >= 15 is 0 Å². The summed E-state index contributed by atoms with van der Waals surface area (Å²) in [6, 6.07) is 5.55. The van der Waals surface area contributed by atoms with Crippen LogP contribution in [0.2, 0.25) is 0 Å². The molecule has 1 aromatic carbocycles. The first-order valence-electron chi connectivity index (χ1n) is 5.41. The second-order valence-electron chi connectivity index (χ2n) is 4.09. The van der Waals surface area contributed by atoms with E-state index in [2.05, 4.69) is 0 Å². The van der Waals surface area contributed by atoms with Gasteiger partial charge in [0, 0.05) is 20.2 Å². The first-order chi connectivity index (χ1) is 8.72. The van der Waals surface area contributed by atoms with Crippen LogP contribution >= 0.6 is 0 Å². The Morgan fingerprint density at radius 1 is 1.26 bits per heavy atom. The number of nitrogens with zero attached hydrogens (tertiary/aromatic N) is 1. The topological polar surface area (TPSA) is 66.5 Å². The SMILES string of the molecule is C/C(=C/C(=O)NS(=O)(=O)N(C)C)c1ccc(F)cc1. The van der Waals surface area contributed by atoms with Gasteiger partial charge in [-0.2, -0.15) is 12.7 Å². The first kappa shape index (κ1) is 15.3. The van der Waals surface area contributed by atoms with Crippen molar-refractivity contribution in [3.8, 4) is 0 Å². The summed E-state index contributed by atoms with van der Waals surface area (Å²) in [6.45, 7) is 1.63. The summed E-state index contributed by atoms with van der Waals surface area (Å²) in [5.41, 5.74) is 1.17. The Labute approximate surface area is 111 Å². The summed E-state index contributed by atoms with van der Waals surface area (Å²) in [6.07, 6.45) is 1.15. The minimum atomic E-state index is -3.80. The van der Waals surface area contributed by atoms with Crippen LogP contribution in [0.5, 0.6) is 0 Å². The minimum absolute atomic E-state index is 0.379. The monoisotopic (exact) mass is 286 g/mol. The molecule has 7 heteroatoms. The van der Waals surface area contributed by atoms with Crippen molar-refractivity contribution in [3.05, 3.63) is 41.7 Å². The number of nitrogens with one attached hydrogen (secondary N) is 1. The summed E-state index contributed by atoms with van der Waals surface area (Å²) in [5.74, 6) is -1.13. The van der Waals surface area contributed by atoms with Crippen molar-refractivity contribution in [2.45, 2.75) is 6.92 Å². The average Bonchev–Trinajstić information content (AvgIpc) is 2.28. The molecule has 0 spiro atoms. The van der Waals surface area contributed by atoms with Crippen LogP contribution in [0.3, 0.4) is 0 Å². The van der Waals surface area contributed by atoms with Gasteiger partial charge in [-0.3, -0.25) is 4.79 Å². The third-order valence-electron chi connectivity index (χ3n) is 2.36. The third kappa shape index (κ3) is 4.46. The molecule has 0 unspecified atom stereocenters. The molecule has 0 aliphatic rings. The zero-order valence-electron chi connectivity index (χ0n) is 10.8. The van der Waals surface area contributed by atoms with Gasteiger partial charge in [-0.05, 0) is 30.2 Å². The molecule has 0 heterocycles. The van der Waals surface area contributed by atoms with Crippen molar-refractivity contribution in [2.75, 3.05) is 14.1 Å². The fourth-order valence-electron chi connectivity index (χ4n) is 1.24. The van der Waals surface area contributed by atoms with Gasteiger partial charge in [-0.25, -0.2) is 9.11 Å². The van der Waals surface area contributed by atoms with E-state index in [1.807, 2.05) is 4.72 Å². The van der Waals surface area contributed by atoms with E-state index in [-0.39, 0.29) is 5.82 Å². The Balaban J connectivity index is 2.85. The summed E-state index contributed by atoms with van der Waals surface area (Å²) in [7, 11) is -1.18. The fourth-order valence-corrected chi connectivity index (χ4v) is 1.74. The van der Waals surface area contributed by atoms with E-state index in [9.17, 15) is 17.6 Å². The van der Waals surface area contributed by atoms with Gasteiger partial charge in [0.1, 0.15) is 5.82 Å². The maximum absolute atomic E-state index is 12.7. The minimum Gasteiger partial charge on any atom is -0.269 e. The highest BCUT2D eigenvalue weighted by Gasteiger charge is 2.15. The Hall–Kier alpha value is -1.73. The van der Waals surface area contributed by atoms with Crippen LogP contribution in [0.1, 0.15) is 12.5 Å². The molecule has 0 aliphatic carbocycles. The molecule has 5 nitrogen and oxygen atoms in total. The molecule has 0 atom stereocenters. The molecule has 0 fully saturated rings. The predicted molar refractivity (Wildman–Crippen MR) is 70.8 cm³/mol. The van der Waals surface area contributed by atoms with Crippen molar-refractivity contribution >= 4 is 21.7 Å². The summed E-state index contributed by atoms with van der Waals surface area (Å²) >= 11 is 0. The quantitative estimate of drug-likeness (QED) is 0.844. The molecule has 0 saturated carbocycles. The van der Waals surface area contributed by atoms with Crippen molar-refractivity contribution in [1.82, 2.24) is 9.03 Å². The number of hydrogen-bond donors (Lipinski definition) is 1. The van der Waals surface area contributed by atoms with Gasteiger partial charge in [0.25, 0.3) is 5.91 Å². The fraction of sp³-hybridized carbons (Fsp3) is 0.250. The molecule has 1 aromatic rings. The summed E-state index contributed by atoms with van der Waals surface area (Å²) < 4.78 is 38.3. The van der Waals surface area contributed by atoms with Crippen molar-refractivity contribution in [2.24, 2.45) is 0 Å². The molecule has 0 bridgehead atoms. The molecule has 0 saturated heterocycles. The van der Waals surface area contributed by atoms with Gasteiger partial charge in [0.05, 0.1) is 0 Å². The molecule has 1 N–H and O–H groups in total. The number of halogens is 1. The van der Waals surface area contributed by atoms with Crippen LogP contribution in [-0.4, -0.2) is 32.7 Å². The van der Waals surface area contributed by atoms with Crippen LogP contribution in [0, 0.1) is 5.82 Å². The second kappa shape index (κ2) is 5.94. The highest BCUT2D eigenvalue weighted by atomic mass is 32.2. The normalized spacial score (nSPS) is 12.6. The highest BCUT2D eigenvalue weighted by Crippen LogP contribution is 2.13. The van der Waals surface area contributed by atoms with Gasteiger partial charge in [-0.1, -0.05) is 12.1 Å². The van der Waals surface area contributed by atoms with E-state index < -0.39 is 16.1 Å². The zero-order chi connectivity index (χ0) is 14.6. The standard InChI is InChI=1S/C12H15FN2O3S/c1-9(10-4-6-11(13)7-5-10)8-12(16)14-19(17,18)15(2)3/h4-8H,1-3H3,(H,14,16)/b9-8-. The highest BCUT2D eigenvalue weighted by molar-refractivity contribution is 7.87. The van der Waals surface area contributed by atoms with Gasteiger partial charge in [0.2, 0.25) is 0 Å². The molecule has 0 aromatic heterocycles.